The molecule has 0 spiro atoms. The van der Waals surface area contributed by atoms with Gasteiger partial charge in [-0.1, -0.05) is 17.7 Å². The number of halogens is 1. The van der Waals surface area contributed by atoms with Gasteiger partial charge in [0.2, 0.25) is 0 Å². The molecule has 0 fully saturated rings. The van der Waals surface area contributed by atoms with Gasteiger partial charge in [-0.25, -0.2) is 0 Å². The van der Waals surface area contributed by atoms with E-state index in [9.17, 15) is 0 Å². The van der Waals surface area contributed by atoms with E-state index in [-0.39, 0.29) is 0 Å². The summed E-state index contributed by atoms with van der Waals surface area (Å²) in [6.07, 6.45) is 0. The summed E-state index contributed by atoms with van der Waals surface area (Å²) in [7, 11) is 1.94. The van der Waals surface area contributed by atoms with Gasteiger partial charge in [-0.15, -0.1) is 0 Å². The highest BCUT2D eigenvalue weighted by Crippen LogP contribution is 2.24. The third-order valence-corrected chi connectivity index (χ3v) is 2.71. The number of hydrogen-bond acceptors (Lipinski definition) is 1. The number of fused-ring (bicyclic) bond motifs is 1. The van der Waals surface area contributed by atoms with Crippen LogP contribution in [0.1, 0.15) is 11.3 Å². The highest BCUT2D eigenvalue weighted by Gasteiger charge is 2.06. The Hall–Kier alpha value is -0.990. The van der Waals surface area contributed by atoms with E-state index in [0.717, 1.165) is 17.1 Å². The maximum Gasteiger partial charge on any atom is 0.0474 e. The van der Waals surface area contributed by atoms with Crippen LogP contribution in [0.15, 0.2) is 18.2 Å². The molecule has 1 heterocycles. The lowest BCUT2D eigenvalue weighted by Crippen LogP contribution is -2.06. The van der Waals surface area contributed by atoms with Crippen molar-refractivity contribution < 1.29 is 0 Å². The van der Waals surface area contributed by atoms with Crippen molar-refractivity contribution in [2.45, 2.75) is 13.5 Å². The Morgan fingerprint density at radius 2 is 2.21 bits per heavy atom. The Bertz CT molecular complexity index is 460. The van der Waals surface area contributed by atoms with Crippen LogP contribution >= 0.6 is 11.6 Å². The van der Waals surface area contributed by atoms with Crippen LogP contribution in [0.25, 0.3) is 10.9 Å². The minimum absolute atomic E-state index is 0.773. The molecule has 0 aliphatic heterocycles. The molecule has 0 bridgehead atoms. The van der Waals surface area contributed by atoms with Crippen LogP contribution in [-0.2, 0) is 6.54 Å². The third-order valence-electron chi connectivity index (χ3n) is 2.48. The van der Waals surface area contributed by atoms with E-state index in [1.54, 1.807) is 0 Å². The first-order chi connectivity index (χ1) is 6.72. The molecular weight excluding hydrogens is 196 g/mol. The summed E-state index contributed by atoms with van der Waals surface area (Å²) in [6, 6.07) is 5.94. The van der Waals surface area contributed by atoms with Crippen molar-refractivity contribution >= 4 is 22.5 Å². The Labute approximate surface area is 88.3 Å². The number of H-pyrrole nitrogens is 1. The predicted molar refractivity (Wildman–Crippen MR) is 60.8 cm³/mol. The van der Waals surface area contributed by atoms with Crippen molar-refractivity contribution in [2.24, 2.45) is 0 Å². The largest absolute Gasteiger partial charge is 0.357 e. The van der Waals surface area contributed by atoms with Gasteiger partial charge in [-0.2, -0.15) is 0 Å². The second-order valence-corrected chi connectivity index (χ2v) is 3.89. The summed E-state index contributed by atoms with van der Waals surface area (Å²) in [6.45, 7) is 2.98. The number of rotatable bonds is 2. The van der Waals surface area contributed by atoms with Gasteiger partial charge in [0.25, 0.3) is 0 Å². The topological polar surface area (TPSA) is 27.8 Å². The number of aromatic nitrogens is 1. The van der Waals surface area contributed by atoms with Crippen LogP contribution in [-0.4, -0.2) is 12.0 Å². The average molecular weight is 209 g/mol. The summed E-state index contributed by atoms with van der Waals surface area (Å²) < 4.78 is 0. The van der Waals surface area contributed by atoms with E-state index >= 15 is 0 Å². The molecule has 0 atom stereocenters. The number of nitrogens with one attached hydrogen (secondary N) is 2. The normalized spacial score (nSPS) is 11.1. The highest BCUT2D eigenvalue weighted by atomic mass is 35.5. The molecule has 2 nitrogen and oxygen atoms in total. The first-order valence-corrected chi connectivity index (χ1v) is 5.01. The summed E-state index contributed by atoms with van der Waals surface area (Å²) in [5, 5.41) is 5.16. The molecule has 0 aliphatic carbocycles. The Balaban J connectivity index is 2.61. The second kappa shape index (κ2) is 3.64. The minimum atomic E-state index is 0.773. The molecule has 2 N–H and O–H groups in total. The van der Waals surface area contributed by atoms with E-state index in [2.05, 4.69) is 23.3 Å². The van der Waals surface area contributed by atoms with E-state index in [4.69, 9.17) is 11.6 Å². The van der Waals surface area contributed by atoms with Crippen molar-refractivity contribution in [3.05, 3.63) is 34.5 Å². The van der Waals surface area contributed by atoms with E-state index in [1.807, 2.05) is 19.2 Å². The molecule has 0 radical (unpaired) electrons. The fraction of sp³-hybridized carbons (Fsp3) is 0.273. The van der Waals surface area contributed by atoms with E-state index in [0.29, 0.717) is 0 Å². The standard InChI is InChI=1S/C11H13ClN2/c1-7-9-4-3-8(12)5-10(9)14-11(7)6-13-2/h3-5,13-14H,6H2,1-2H3. The molecule has 0 saturated heterocycles. The zero-order valence-electron chi connectivity index (χ0n) is 8.32. The number of hydrogen-bond donors (Lipinski definition) is 2. The van der Waals surface area contributed by atoms with Crippen LogP contribution in [0.2, 0.25) is 5.02 Å². The molecule has 0 unspecified atom stereocenters. The molecule has 1 aromatic heterocycles. The molecule has 0 saturated carbocycles. The van der Waals surface area contributed by atoms with Gasteiger partial charge >= 0.3 is 0 Å². The molecule has 0 aliphatic rings. The lowest BCUT2D eigenvalue weighted by Gasteiger charge is -1.96. The SMILES string of the molecule is CNCc1[nH]c2cc(Cl)ccc2c1C. The van der Waals surface area contributed by atoms with E-state index in [1.165, 1.54) is 16.6 Å². The fourth-order valence-corrected chi connectivity index (χ4v) is 1.89. The summed E-state index contributed by atoms with van der Waals surface area (Å²) in [4.78, 5) is 3.36. The molecule has 14 heavy (non-hydrogen) atoms. The average Bonchev–Trinajstić information content (AvgIpc) is 2.44. The van der Waals surface area contributed by atoms with Crippen LogP contribution in [0.4, 0.5) is 0 Å². The molecule has 2 aromatic rings. The molecule has 1 aromatic carbocycles. The molecule has 2 rings (SSSR count). The van der Waals surface area contributed by atoms with Gasteiger partial charge in [-0.05, 0) is 31.7 Å². The van der Waals surface area contributed by atoms with Gasteiger partial charge in [0.1, 0.15) is 0 Å². The van der Waals surface area contributed by atoms with Crippen molar-refractivity contribution in [3.63, 3.8) is 0 Å². The lowest BCUT2D eigenvalue weighted by atomic mass is 10.1. The first-order valence-electron chi connectivity index (χ1n) is 4.63. The Morgan fingerprint density at radius 1 is 1.43 bits per heavy atom. The van der Waals surface area contributed by atoms with Crippen molar-refractivity contribution in [2.75, 3.05) is 7.05 Å². The Kier molecular flexibility index (Phi) is 2.48. The fourth-order valence-electron chi connectivity index (χ4n) is 1.72. The van der Waals surface area contributed by atoms with Crippen molar-refractivity contribution in [3.8, 4) is 0 Å². The van der Waals surface area contributed by atoms with Gasteiger partial charge in [0.15, 0.2) is 0 Å². The lowest BCUT2D eigenvalue weighted by molar-refractivity contribution is 0.794. The first kappa shape index (κ1) is 9.56. The number of benzene rings is 1. The quantitative estimate of drug-likeness (QED) is 0.781. The van der Waals surface area contributed by atoms with Crippen LogP contribution in [0.3, 0.4) is 0 Å². The van der Waals surface area contributed by atoms with E-state index < -0.39 is 0 Å². The summed E-state index contributed by atoms with van der Waals surface area (Å²) in [5.74, 6) is 0. The van der Waals surface area contributed by atoms with Crippen LogP contribution in [0, 0.1) is 6.92 Å². The van der Waals surface area contributed by atoms with Crippen LogP contribution < -0.4 is 5.32 Å². The number of aryl methyl sites for hydroxylation is 1. The maximum atomic E-state index is 5.92. The van der Waals surface area contributed by atoms with Gasteiger partial charge < -0.3 is 10.3 Å². The van der Waals surface area contributed by atoms with Gasteiger partial charge in [0.05, 0.1) is 0 Å². The van der Waals surface area contributed by atoms with Crippen LogP contribution in [0.5, 0.6) is 0 Å². The predicted octanol–water partition coefficient (Wildman–Crippen LogP) is 2.85. The maximum absolute atomic E-state index is 5.92. The second-order valence-electron chi connectivity index (χ2n) is 3.45. The molecule has 74 valence electrons. The zero-order valence-corrected chi connectivity index (χ0v) is 9.07. The third kappa shape index (κ3) is 1.51. The molecule has 3 heteroatoms. The summed E-state index contributed by atoms with van der Waals surface area (Å²) >= 11 is 5.92. The summed E-state index contributed by atoms with van der Waals surface area (Å²) in [5.41, 5.74) is 3.64. The van der Waals surface area contributed by atoms with Gasteiger partial charge in [-0.3, -0.25) is 0 Å². The molecular formula is C11H13ClN2. The molecule has 0 amide bonds. The zero-order chi connectivity index (χ0) is 10.1. The minimum Gasteiger partial charge on any atom is -0.357 e. The Morgan fingerprint density at radius 3 is 2.93 bits per heavy atom. The monoisotopic (exact) mass is 208 g/mol. The van der Waals surface area contributed by atoms with Gasteiger partial charge in [0, 0.05) is 28.2 Å². The number of aromatic amines is 1. The smallest absolute Gasteiger partial charge is 0.0474 e. The highest BCUT2D eigenvalue weighted by molar-refractivity contribution is 6.31. The van der Waals surface area contributed by atoms with Crippen molar-refractivity contribution in [1.82, 2.24) is 10.3 Å². The van der Waals surface area contributed by atoms with Crippen molar-refractivity contribution in [1.29, 1.82) is 0 Å².